The SMILES string of the molecule is O=C(CCN1CCC(C(=O)Nc2ccccc2)CC1)Nc1cccc([N+](=O)[O-])c1. The van der Waals surface area contributed by atoms with Gasteiger partial charge in [-0.15, -0.1) is 0 Å². The van der Waals surface area contributed by atoms with Gasteiger partial charge in [-0.3, -0.25) is 19.7 Å². The molecular formula is C21H24N4O4. The summed E-state index contributed by atoms with van der Waals surface area (Å²) in [6.07, 6.45) is 1.81. The fraction of sp³-hybridized carbons (Fsp3) is 0.333. The molecule has 1 heterocycles. The van der Waals surface area contributed by atoms with Gasteiger partial charge in [0.15, 0.2) is 0 Å². The molecule has 2 N–H and O–H groups in total. The minimum atomic E-state index is -0.492. The first-order chi connectivity index (χ1) is 14.0. The highest BCUT2D eigenvalue weighted by molar-refractivity contribution is 5.92. The number of nitrogens with one attached hydrogen (secondary N) is 2. The molecule has 29 heavy (non-hydrogen) atoms. The quantitative estimate of drug-likeness (QED) is 0.552. The van der Waals surface area contributed by atoms with E-state index in [1.807, 2.05) is 30.3 Å². The first kappa shape index (κ1) is 20.5. The van der Waals surface area contributed by atoms with E-state index in [0.717, 1.165) is 31.6 Å². The molecule has 8 heteroatoms. The first-order valence-electron chi connectivity index (χ1n) is 9.64. The Morgan fingerprint density at radius 2 is 1.69 bits per heavy atom. The maximum Gasteiger partial charge on any atom is 0.271 e. The van der Waals surface area contributed by atoms with Gasteiger partial charge in [-0.1, -0.05) is 24.3 Å². The molecule has 152 valence electrons. The van der Waals surface area contributed by atoms with Crippen molar-refractivity contribution < 1.29 is 14.5 Å². The van der Waals surface area contributed by atoms with Gasteiger partial charge in [-0.25, -0.2) is 0 Å². The van der Waals surface area contributed by atoms with E-state index in [0.29, 0.717) is 18.7 Å². The number of nitro groups is 1. The summed E-state index contributed by atoms with van der Waals surface area (Å²) in [5, 5.41) is 16.4. The Hall–Kier alpha value is -3.26. The van der Waals surface area contributed by atoms with Gasteiger partial charge in [0.05, 0.1) is 4.92 Å². The molecule has 0 atom stereocenters. The van der Waals surface area contributed by atoms with Crippen LogP contribution in [0.5, 0.6) is 0 Å². The van der Waals surface area contributed by atoms with Crippen molar-refractivity contribution in [3.8, 4) is 0 Å². The van der Waals surface area contributed by atoms with Crippen LogP contribution in [0.15, 0.2) is 54.6 Å². The molecule has 1 aliphatic rings. The molecule has 2 amide bonds. The third-order valence-electron chi connectivity index (χ3n) is 5.00. The van der Waals surface area contributed by atoms with Crippen LogP contribution in [0.2, 0.25) is 0 Å². The molecule has 0 bridgehead atoms. The number of hydrogen-bond acceptors (Lipinski definition) is 5. The number of non-ortho nitro benzene ring substituents is 1. The lowest BCUT2D eigenvalue weighted by molar-refractivity contribution is -0.384. The number of likely N-dealkylation sites (tertiary alicyclic amines) is 1. The van der Waals surface area contributed by atoms with Crippen molar-refractivity contribution in [1.82, 2.24) is 4.90 Å². The topological polar surface area (TPSA) is 105 Å². The smallest absolute Gasteiger partial charge is 0.271 e. The van der Waals surface area contributed by atoms with Crippen LogP contribution in [0.1, 0.15) is 19.3 Å². The molecule has 1 fully saturated rings. The largest absolute Gasteiger partial charge is 0.326 e. The van der Waals surface area contributed by atoms with E-state index in [2.05, 4.69) is 15.5 Å². The lowest BCUT2D eigenvalue weighted by Crippen LogP contribution is -2.39. The van der Waals surface area contributed by atoms with Gasteiger partial charge < -0.3 is 15.5 Å². The molecule has 1 aliphatic heterocycles. The summed E-state index contributed by atoms with van der Waals surface area (Å²) in [6, 6.07) is 15.3. The number of benzene rings is 2. The van der Waals surface area contributed by atoms with Crippen LogP contribution < -0.4 is 10.6 Å². The van der Waals surface area contributed by atoms with E-state index in [1.54, 1.807) is 12.1 Å². The van der Waals surface area contributed by atoms with Gasteiger partial charge in [0.1, 0.15) is 0 Å². The van der Waals surface area contributed by atoms with E-state index in [9.17, 15) is 19.7 Å². The highest BCUT2D eigenvalue weighted by atomic mass is 16.6. The van der Waals surface area contributed by atoms with Crippen LogP contribution in [0.3, 0.4) is 0 Å². The minimum absolute atomic E-state index is 0.0230. The van der Waals surface area contributed by atoms with Gasteiger partial charge in [-0.2, -0.15) is 0 Å². The molecule has 8 nitrogen and oxygen atoms in total. The maximum atomic E-state index is 12.4. The number of para-hydroxylation sites is 1. The van der Waals surface area contributed by atoms with E-state index in [-0.39, 0.29) is 23.4 Å². The molecule has 1 saturated heterocycles. The zero-order valence-corrected chi connectivity index (χ0v) is 16.0. The molecular weight excluding hydrogens is 372 g/mol. The van der Waals surface area contributed by atoms with E-state index < -0.39 is 4.92 Å². The molecule has 0 aliphatic carbocycles. The van der Waals surface area contributed by atoms with Gasteiger partial charge in [0.25, 0.3) is 5.69 Å². The van der Waals surface area contributed by atoms with Gasteiger partial charge in [0.2, 0.25) is 11.8 Å². The molecule has 2 aromatic rings. The Morgan fingerprint density at radius 1 is 1.00 bits per heavy atom. The van der Waals surface area contributed by atoms with Gasteiger partial charge >= 0.3 is 0 Å². The summed E-state index contributed by atoms with van der Waals surface area (Å²) in [5.41, 5.74) is 1.16. The summed E-state index contributed by atoms with van der Waals surface area (Å²) in [4.78, 5) is 37.0. The van der Waals surface area contributed by atoms with Crippen molar-refractivity contribution in [2.45, 2.75) is 19.3 Å². The van der Waals surface area contributed by atoms with Crippen LogP contribution >= 0.6 is 0 Å². The summed E-state index contributed by atoms with van der Waals surface area (Å²) >= 11 is 0. The second-order valence-electron chi connectivity index (χ2n) is 7.08. The van der Waals surface area contributed by atoms with E-state index in [1.165, 1.54) is 12.1 Å². The first-order valence-corrected chi connectivity index (χ1v) is 9.64. The Kier molecular flexibility index (Phi) is 6.91. The van der Waals surface area contributed by atoms with Crippen molar-refractivity contribution in [2.75, 3.05) is 30.3 Å². The van der Waals surface area contributed by atoms with Crippen LogP contribution in [0, 0.1) is 16.0 Å². The minimum Gasteiger partial charge on any atom is -0.326 e. The summed E-state index contributed by atoms with van der Waals surface area (Å²) in [7, 11) is 0. The van der Waals surface area contributed by atoms with Crippen LogP contribution in [0.4, 0.5) is 17.1 Å². The normalized spacial score (nSPS) is 14.9. The zero-order chi connectivity index (χ0) is 20.6. The maximum absolute atomic E-state index is 12.4. The van der Waals surface area contributed by atoms with Crippen LogP contribution in [-0.2, 0) is 9.59 Å². The lowest BCUT2D eigenvalue weighted by Gasteiger charge is -2.31. The molecule has 0 spiro atoms. The average Bonchev–Trinajstić information content (AvgIpc) is 2.73. The number of rotatable bonds is 7. The number of carbonyl (C=O) groups is 2. The van der Waals surface area contributed by atoms with Crippen molar-refractivity contribution in [1.29, 1.82) is 0 Å². The Bertz CT molecular complexity index is 864. The fourth-order valence-electron chi connectivity index (χ4n) is 3.36. The molecule has 0 unspecified atom stereocenters. The monoisotopic (exact) mass is 396 g/mol. The number of piperidine rings is 1. The average molecular weight is 396 g/mol. The number of amides is 2. The van der Waals surface area contributed by atoms with Crippen molar-refractivity contribution >= 4 is 28.9 Å². The zero-order valence-electron chi connectivity index (χ0n) is 16.0. The number of nitro benzene ring substituents is 1. The second kappa shape index (κ2) is 9.79. The highest BCUT2D eigenvalue weighted by Crippen LogP contribution is 2.20. The van der Waals surface area contributed by atoms with E-state index in [4.69, 9.17) is 0 Å². The third kappa shape index (κ3) is 6.11. The Labute approximate surface area is 169 Å². The Balaban J connectivity index is 1.39. The predicted molar refractivity (Wildman–Crippen MR) is 111 cm³/mol. The predicted octanol–water partition coefficient (Wildman–Crippen LogP) is 3.27. The second-order valence-corrected chi connectivity index (χ2v) is 7.08. The number of nitrogens with zero attached hydrogens (tertiary/aromatic N) is 2. The van der Waals surface area contributed by atoms with Gasteiger partial charge in [0, 0.05) is 42.4 Å². The molecule has 3 rings (SSSR count). The summed E-state index contributed by atoms with van der Waals surface area (Å²) in [5.74, 6) is -0.168. The summed E-state index contributed by atoms with van der Waals surface area (Å²) in [6.45, 7) is 2.11. The van der Waals surface area contributed by atoms with Gasteiger partial charge in [-0.05, 0) is 44.1 Å². The standard InChI is InChI=1S/C21H24N4O4/c26-20(22-18-7-4-8-19(15-18)25(28)29)11-14-24-12-9-16(10-13-24)21(27)23-17-5-2-1-3-6-17/h1-8,15-16H,9-14H2,(H,22,26)(H,23,27). The molecule has 0 aromatic heterocycles. The Morgan fingerprint density at radius 3 is 2.38 bits per heavy atom. The van der Waals surface area contributed by atoms with Crippen LogP contribution in [-0.4, -0.2) is 41.3 Å². The number of hydrogen-bond donors (Lipinski definition) is 2. The molecule has 0 saturated carbocycles. The third-order valence-corrected chi connectivity index (χ3v) is 5.00. The van der Waals surface area contributed by atoms with Crippen molar-refractivity contribution in [3.05, 3.63) is 64.7 Å². The summed E-state index contributed by atoms with van der Waals surface area (Å²) < 4.78 is 0. The van der Waals surface area contributed by atoms with Crippen LogP contribution in [0.25, 0.3) is 0 Å². The highest BCUT2D eigenvalue weighted by Gasteiger charge is 2.25. The number of anilines is 2. The van der Waals surface area contributed by atoms with Crippen molar-refractivity contribution in [3.63, 3.8) is 0 Å². The molecule has 2 aromatic carbocycles. The number of carbonyl (C=O) groups excluding carboxylic acids is 2. The van der Waals surface area contributed by atoms with E-state index >= 15 is 0 Å². The van der Waals surface area contributed by atoms with Crippen molar-refractivity contribution in [2.24, 2.45) is 5.92 Å². The lowest BCUT2D eigenvalue weighted by atomic mass is 9.95. The molecule has 0 radical (unpaired) electrons. The fourth-order valence-corrected chi connectivity index (χ4v) is 3.36.